The first-order valence-electron chi connectivity index (χ1n) is 10.3. The average Bonchev–Trinajstić information content (AvgIpc) is 2.76. The fourth-order valence-corrected chi connectivity index (χ4v) is 4.22. The molecular weight excluding hydrogens is 366 g/mol. The number of benzene rings is 4. The van der Waals surface area contributed by atoms with Gasteiger partial charge >= 0.3 is 0 Å². The molecule has 0 aromatic heterocycles. The molecule has 0 spiro atoms. The second-order valence-electron chi connectivity index (χ2n) is 7.92. The zero-order valence-corrected chi connectivity index (χ0v) is 17.3. The number of rotatable bonds is 8. The second-order valence-corrected chi connectivity index (χ2v) is 7.92. The summed E-state index contributed by atoms with van der Waals surface area (Å²) in [5.74, 6) is 0. The summed E-state index contributed by atoms with van der Waals surface area (Å²) in [6.45, 7) is 4.00. The summed E-state index contributed by atoms with van der Waals surface area (Å²) in [4.78, 5) is 0. The van der Waals surface area contributed by atoms with E-state index in [-0.39, 0.29) is 5.48 Å². The lowest BCUT2D eigenvalue weighted by Crippen LogP contribution is -2.45. The fraction of sp³-hybridized carbons (Fsp3) is 0.143. The van der Waals surface area contributed by atoms with Crippen molar-refractivity contribution in [2.45, 2.75) is 26.2 Å². The molecular formula is C28H29NO. The van der Waals surface area contributed by atoms with E-state index in [1.165, 1.54) is 22.3 Å². The summed E-state index contributed by atoms with van der Waals surface area (Å²) in [5, 5.41) is 0. The molecule has 152 valence electrons. The topological polar surface area (TPSA) is 30.0 Å². The van der Waals surface area contributed by atoms with E-state index in [1.54, 1.807) is 0 Å². The predicted molar refractivity (Wildman–Crippen MR) is 123 cm³/mol. The molecule has 4 aromatic rings. The van der Waals surface area contributed by atoms with Gasteiger partial charge in [-0.1, -0.05) is 121 Å². The molecule has 0 bridgehead atoms. The first-order chi connectivity index (χ1) is 14.3. The van der Waals surface area contributed by atoms with Gasteiger partial charge in [0, 0.05) is 22.3 Å². The molecule has 2 nitrogen and oxygen atoms in total. The molecule has 0 aliphatic heterocycles. The highest BCUT2D eigenvalue weighted by Gasteiger charge is 2.29. The Balaban J connectivity index is 0.00000256. The highest BCUT2D eigenvalue weighted by molar-refractivity contribution is 5.19. The molecule has 0 radical (unpaired) electrons. The lowest BCUT2D eigenvalue weighted by Gasteiger charge is -2.39. The zero-order valence-electron chi connectivity index (χ0n) is 17.3. The first-order valence-corrected chi connectivity index (χ1v) is 10.3. The van der Waals surface area contributed by atoms with E-state index in [0.29, 0.717) is 0 Å². The van der Waals surface area contributed by atoms with Crippen LogP contribution in [0, 0.1) is 0 Å². The molecule has 0 saturated carbocycles. The standard InChI is InChI=1S/C28H28N.H2O/c1-5-13-25(14-6-1)21-29(22-26-15-7-2-8-16-26,23-27-17-9-3-10-18-27)24-28-19-11-4-12-20-28;/h1-20H,21-24H2;1H2/q+1;/p-1. The quantitative estimate of drug-likeness (QED) is 0.316. The van der Waals surface area contributed by atoms with Gasteiger partial charge in [-0.05, 0) is 0 Å². The minimum Gasteiger partial charge on any atom is -0.870 e. The van der Waals surface area contributed by atoms with E-state index in [1.807, 2.05) is 0 Å². The minimum atomic E-state index is 0. The second kappa shape index (κ2) is 10.5. The van der Waals surface area contributed by atoms with Gasteiger partial charge in [0.15, 0.2) is 0 Å². The van der Waals surface area contributed by atoms with Crippen molar-refractivity contribution in [2.24, 2.45) is 0 Å². The number of quaternary nitrogens is 1. The van der Waals surface area contributed by atoms with E-state index in [2.05, 4.69) is 121 Å². The van der Waals surface area contributed by atoms with Gasteiger partial charge in [0.1, 0.15) is 26.2 Å². The van der Waals surface area contributed by atoms with Crippen LogP contribution >= 0.6 is 0 Å². The van der Waals surface area contributed by atoms with Crippen LogP contribution in [0.5, 0.6) is 0 Å². The number of hydrogen-bond donors (Lipinski definition) is 0. The molecule has 0 aliphatic rings. The van der Waals surface area contributed by atoms with Gasteiger partial charge in [-0.2, -0.15) is 0 Å². The summed E-state index contributed by atoms with van der Waals surface area (Å²) in [7, 11) is 0. The Kier molecular flexibility index (Phi) is 7.56. The Hall–Kier alpha value is -3.20. The van der Waals surface area contributed by atoms with Crippen LogP contribution in [0.15, 0.2) is 121 Å². The van der Waals surface area contributed by atoms with Gasteiger partial charge in [0.2, 0.25) is 0 Å². The van der Waals surface area contributed by atoms with Crippen molar-refractivity contribution in [2.75, 3.05) is 0 Å². The van der Waals surface area contributed by atoms with Crippen LogP contribution in [0.2, 0.25) is 0 Å². The third-order valence-corrected chi connectivity index (χ3v) is 5.44. The third-order valence-electron chi connectivity index (χ3n) is 5.44. The van der Waals surface area contributed by atoms with E-state index in [9.17, 15) is 0 Å². The normalized spacial score (nSPS) is 10.9. The Morgan fingerprint density at radius 2 is 0.533 bits per heavy atom. The van der Waals surface area contributed by atoms with Crippen LogP contribution in [0.3, 0.4) is 0 Å². The van der Waals surface area contributed by atoms with Gasteiger partial charge in [-0.3, -0.25) is 0 Å². The smallest absolute Gasteiger partial charge is 0.105 e. The molecule has 0 aliphatic carbocycles. The highest BCUT2D eigenvalue weighted by atomic mass is 16.0. The lowest BCUT2D eigenvalue weighted by atomic mass is 10.0. The van der Waals surface area contributed by atoms with Crippen molar-refractivity contribution in [1.29, 1.82) is 0 Å². The maximum Gasteiger partial charge on any atom is 0.105 e. The highest BCUT2D eigenvalue weighted by Crippen LogP contribution is 2.27. The van der Waals surface area contributed by atoms with E-state index >= 15 is 0 Å². The lowest BCUT2D eigenvalue weighted by molar-refractivity contribution is -0.978. The largest absolute Gasteiger partial charge is 0.870 e. The van der Waals surface area contributed by atoms with Gasteiger partial charge in [-0.15, -0.1) is 0 Å². The minimum absolute atomic E-state index is 0. The summed E-state index contributed by atoms with van der Waals surface area (Å²) in [5.41, 5.74) is 5.54. The molecule has 30 heavy (non-hydrogen) atoms. The summed E-state index contributed by atoms with van der Waals surface area (Å²) < 4.78 is 0.960. The molecule has 4 rings (SSSR count). The predicted octanol–water partition coefficient (Wildman–Crippen LogP) is 6.43. The van der Waals surface area contributed by atoms with Crippen molar-refractivity contribution in [3.05, 3.63) is 144 Å². The van der Waals surface area contributed by atoms with Crippen LogP contribution < -0.4 is 0 Å². The van der Waals surface area contributed by atoms with Crippen LogP contribution in [0.25, 0.3) is 0 Å². The van der Waals surface area contributed by atoms with Crippen molar-refractivity contribution in [1.82, 2.24) is 0 Å². The van der Waals surface area contributed by atoms with Crippen LogP contribution in [-0.2, 0) is 26.2 Å². The molecule has 0 unspecified atom stereocenters. The van der Waals surface area contributed by atoms with Crippen LogP contribution in [0.1, 0.15) is 22.3 Å². The van der Waals surface area contributed by atoms with Gasteiger partial charge in [-0.25, -0.2) is 0 Å². The van der Waals surface area contributed by atoms with E-state index in [4.69, 9.17) is 0 Å². The molecule has 4 aromatic carbocycles. The SMILES string of the molecule is [OH-].c1ccc(C[N+](Cc2ccccc2)(Cc2ccccc2)Cc2ccccc2)cc1. The Labute approximate surface area is 180 Å². The Morgan fingerprint density at radius 3 is 0.733 bits per heavy atom. The Bertz CT molecular complexity index is 814. The average molecular weight is 396 g/mol. The monoisotopic (exact) mass is 395 g/mol. The van der Waals surface area contributed by atoms with Gasteiger partial charge in [0.25, 0.3) is 0 Å². The van der Waals surface area contributed by atoms with E-state index in [0.717, 1.165) is 30.7 Å². The molecule has 0 heterocycles. The fourth-order valence-electron chi connectivity index (χ4n) is 4.22. The maximum atomic E-state index is 2.26. The summed E-state index contributed by atoms with van der Waals surface area (Å²) in [6, 6.07) is 43.7. The molecule has 0 saturated heterocycles. The molecule has 0 amide bonds. The molecule has 0 atom stereocenters. The molecule has 1 N–H and O–H groups in total. The molecule has 0 fully saturated rings. The van der Waals surface area contributed by atoms with Gasteiger partial charge < -0.3 is 9.96 Å². The number of nitrogens with zero attached hydrogens (tertiary/aromatic N) is 1. The summed E-state index contributed by atoms with van der Waals surface area (Å²) >= 11 is 0. The van der Waals surface area contributed by atoms with Crippen LogP contribution in [0.4, 0.5) is 0 Å². The van der Waals surface area contributed by atoms with Crippen molar-refractivity contribution in [3.8, 4) is 0 Å². The Morgan fingerprint density at radius 1 is 0.333 bits per heavy atom. The van der Waals surface area contributed by atoms with Crippen molar-refractivity contribution in [3.63, 3.8) is 0 Å². The molecule has 2 heteroatoms. The summed E-state index contributed by atoms with van der Waals surface area (Å²) in [6.07, 6.45) is 0. The third kappa shape index (κ3) is 5.90. The van der Waals surface area contributed by atoms with E-state index < -0.39 is 0 Å². The first kappa shape index (κ1) is 21.5. The number of hydrogen-bond acceptors (Lipinski definition) is 1. The van der Waals surface area contributed by atoms with Crippen molar-refractivity contribution >= 4 is 0 Å². The van der Waals surface area contributed by atoms with Gasteiger partial charge in [0.05, 0.1) is 0 Å². The maximum absolute atomic E-state index is 2.26. The zero-order chi connectivity index (χ0) is 19.8. The van der Waals surface area contributed by atoms with Crippen molar-refractivity contribution < 1.29 is 9.96 Å². The van der Waals surface area contributed by atoms with Crippen LogP contribution in [-0.4, -0.2) is 9.96 Å².